The summed E-state index contributed by atoms with van der Waals surface area (Å²) in [6, 6.07) is 4.89. The van der Waals surface area contributed by atoms with Gasteiger partial charge in [-0.1, -0.05) is 0 Å². The maximum absolute atomic E-state index is 13.0. The molecule has 2 rings (SSSR count). The van der Waals surface area contributed by atoms with Crippen molar-refractivity contribution in [3.63, 3.8) is 0 Å². The quantitative estimate of drug-likeness (QED) is 0.869. The van der Waals surface area contributed by atoms with Crippen LogP contribution in [0.15, 0.2) is 22.7 Å². The van der Waals surface area contributed by atoms with Crippen LogP contribution in [0.3, 0.4) is 0 Å². The van der Waals surface area contributed by atoms with E-state index in [1.165, 1.54) is 6.07 Å². The average molecular weight is 274 g/mol. The fraction of sp³-hybridized carbons (Fsp3) is 0.455. The van der Waals surface area contributed by atoms with Crippen LogP contribution in [0.4, 0.5) is 10.1 Å². The number of rotatable bonds is 2. The molecule has 0 unspecified atom stereocenters. The van der Waals surface area contributed by atoms with Crippen LogP contribution in [0, 0.1) is 5.82 Å². The molecular formula is C11H13BrFNO. The largest absolute Gasteiger partial charge is 0.391 e. The van der Waals surface area contributed by atoms with Crippen molar-refractivity contribution >= 4 is 21.6 Å². The molecule has 2 nitrogen and oxygen atoms in total. The van der Waals surface area contributed by atoms with Gasteiger partial charge in [-0.25, -0.2) is 4.39 Å². The summed E-state index contributed by atoms with van der Waals surface area (Å²) in [7, 11) is 0. The fourth-order valence-corrected chi connectivity index (χ4v) is 2.29. The molecule has 0 bridgehead atoms. The van der Waals surface area contributed by atoms with E-state index in [-0.39, 0.29) is 18.0 Å². The summed E-state index contributed by atoms with van der Waals surface area (Å²) in [4.78, 5) is 0. The molecule has 0 amide bonds. The Morgan fingerprint density at radius 2 is 2.20 bits per heavy atom. The van der Waals surface area contributed by atoms with Gasteiger partial charge in [0.1, 0.15) is 5.82 Å². The first-order valence-corrected chi connectivity index (χ1v) is 5.86. The van der Waals surface area contributed by atoms with E-state index in [2.05, 4.69) is 21.2 Å². The lowest BCUT2D eigenvalue weighted by Crippen LogP contribution is -2.27. The average Bonchev–Trinajstić information content (AvgIpc) is 2.59. The molecule has 0 aliphatic heterocycles. The highest BCUT2D eigenvalue weighted by Gasteiger charge is 2.24. The number of anilines is 1. The number of halogens is 2. The highest BCUT2D eigenvalue weighted by molar-refractivity contribution is 9.10. The molecule has 2 N–H and O–H groups in total. The molecule has 0 heterocycles. The van der Waals surface area contributed by atoms with Gasteiger partial charge in [0.2, 0.25) is 0 Å². The highest BCUT2D eigenvalue weighted by atomic mass is 79.9. The third-order valence-corrected chi connectivity index (χ3v) is 3.36. The number of hydrogen-bond acceptors (Lipinski definition) is 2. The summed E-state index contributed by atoms with van der Waals surface area (Å²) >= 11 is 3.13. The lowest BCUT2D eigenvalue weighted by molar-refractivity contribution is 0.172. The third kappa shape index (κ3) is 2.49. The third-order valence-electron chi connectivity index (χ3n) is 2.75. The SMILES string of the molecule is O[C@H]1CCC[C@@H]1Nc1ccc(F)c(Br)c1. The van der Waals surface area contributed by atoms with Gasteiger partial charge in [0.25, 0.3) is 0 Å². The van der Waals surface area contributed by atoms with Crippen molar-refractivity contribution in [1.29, 1.82) is 0 Å². The highest BCUT2D eigenvalue weighted by Crippen LogP contribution is 2.25. The standard InChI is InChI=1S/C11H13BrFNO/c12-8-6-7(4-5-9(8)13)14-10-2-1-3-11(10)15/h4-6,10-11,14-15H,1-3H2/t10-,11-/m0/s1. The topological polar surface area (TPSA) is 32.3 Å². The van der Waals surface area contributed by atoms with Crippen LogP contribution in [-0.4, -0.2) is 17.3 Å². The van der Waals surface area contributed by atoms with E-state index in [0.717, 1.165) is 24.9 Å². The number of aliphatic hydroxyl groups excluding tert-OH is 1. The molecular weight excluding hydrogens is 261 g/mol. The summed E-state index contributed by atoms with van der Waals surface area (Å²) in [6.45, 7) is 0. The molecule has 4 heteroatoms. The van der Waals surface area contributed by atoms with Crippen molar-refractivity contribution < 1.29 is 9.50 Å². The molecule has 1 fully saturated rings. The molecule has 1 aliphatic rings. The maximum atomic E-state index is 13.0. The van der Waals surface area contributed by atoms with Crippen LogP contribution in [0.5, 0.6) is 0 Å². The Bertz CT molecular complexity index is 358. The van der Waals surface area contributed by atoms with Crippen molar-refractivity contribution in [3.8, 4) is 0 Å². The van der Waals surface area contributed by atoms with Crippen LogP contribution in [0.2, 0.25) is 0 Å². The molecule has 15 heavy (non-hydrogen) atoms. The second-order valence-corrected chi connectivity index (χ2v) is 4.73. The zero-order valence-electron chi connectivity index (χ0n) is 8.21. The minimum atomic E-state index is -0.283. The second-order valence-electron chi connectivity index (χ2n) is 3.88. The van der Waals surface area contributed by atoms with Gasteiger partial charge in [0, 0.05) is 5.69 Å². The van der Waals surface area contributed by atoms with Crippen molar-refractivity contribution in [2.75, 3.05) is 5.32 Å². The summed E-state index contributed by atoms with van der Waals surface area (Å²) in [5.41, 5.74) is 0.842. The van der Waals surface area contributed by atoms with Crippen LogP contribution in [0.25, 0.3) is 0 Å². The molecule has 0 saturated heterocycles. The first kappa shape index (κ1) is 10.9. The van der Waals surface area contributed by atoms with Gasteiger partial charge in [0.05, 0.1) is 16.6 Å². The molecule has 1 aliphatic carbocycles. The molecule has 1 saturated carbocycles. The van der Waals surface area contributed by atoms with Crippen LogP contribution in [-0.2, 0) is 0 Å². The van der Waals surface area contributed by atoms with E-state index in [9.17, 15) is 9.50 Å². The molecule has 0 aromatic heterocycles. The Morgan fingerprint density at radius 3 is 2.80 bits per heavy atom. The zero-order valence-corrected chi connectivity index (χ0v) is 9.80. The van der Waals surface area contributed by atoms with E-state index in [0.29, 0.717) is 4.47 Å². The van der Waals surface area contributed by atoms with E-state index < -0.39 is 0 Å². The predicted octanol–water partition coefficient (Wildman–Crippen LogP) is 2.91. The Hall–Kier alpha value is -0.610. The predicted molar refractivity (Wildman–Crippen MR) is 61.4 cm³/mol. The summed E-state index contributed by atoms with van der Waals surface area (Å²) in [6.07, 6.45) is 2.58. The molecule has 0 spiro atoms. The van der Waals surface area contributed by atoms with Crippen molar-refractivity contribution in [1.82, 2.24) is 0 Å². The fourth-order valence-electron chi connectivity index (χ4n) is 1.91. The van der Waals surface area contributed by atoms with Gasteiger partial charge in [-0.2, -0.15) is 0 Å². The zero-order chi connectivity index (χ0) is 10.8. The normalized spacial score (nSPS) is 25.5. The number of benzene rings is 1. The number of hydrogen-bond donors (Lipinski definition) is 2. The first-order chi connectivity index (χ1) is 7.16. The van der Waals surface area contributed by atoms with Crippen LogP contribution < -0.4 is 5.32 Å². The van der Waals surface area contributed by atoms with Gasteiger partial charge in [-0.05, 0) is 53.4 Å². The van der Waals surface area contributed by atoms with Gasteiger partial charge >= 0.3 is 0 Å². The number of aliphatic hydroxyl groups is 1. The molecule has 1 aromatic carbocycles. The molecule has 2 atom stereocenters. The summed E-state index contributed by atoms with van der Waals surface area (Å²) in [5.74, 6) is -0.271. The molecule has 0 radical (unpaired) electrons. The molecule has 1 aromatic rings. The smallest absolute Gasteiger partial charge is 0.137 e. The summed E-state index contributed by atoms with van der Waals surface area (Å²) < 4.78 is 13.4. The maximum Gasteiger partial charge on any atom is 0.137 e. The van der Waals surface area contributed by atoms with Crippen LogP contribution >= 0.6 is 15.9 Å². The first-order valence-electron chi connectivity index (χ1n) is 5.06. The van der Waals surface area contributed by atoms with Crippen molar-refractivity contribution in [3.05, 3.63) is 28.5 Å². The van der Waals surface area contributed by atoms with Gasteiger partial charge in [0.15, 0.2) is 0 Å². The minimum absolute atomic E-state index is 0.0994. The van der Waals surface area contributed by atoms with Gasteiger partial charge in [-0.15, -0.1) is 0 Å². The molecule has 82 valence electrons. The van der Waals surface area contributed by atoms with Crippen molar-refractivity contribution in [2.45, 2.75) is 31.4 Å². The Morgan fingerprint density at radius 1 is 1.40 bits per heavy atom. The van der Waals surface area contributed by atoms with E-state index >= 15 is 0 Å². The number of nitrogens with one attached hydrogen (secondary N) is 1. The van der Waals surface area contributed by atoms with E-state index in [1.54, 1.807) is 12.1 Å². The van der Waals surface area contributed by atoms with E-state index in [1.807, 2.05) is 0 Å². The minimum Gasteiger partial charge on any atom is -0.391 e. The van der Waals surface area contributed by atoms with Gasteiger partial charge < -0.3 is 10.4 Å². The Balaban J connectivity index is 2.07. The lowest BCUT2D eigenvalue weighted by Gasteiger charge is -2.17. The van der Waals surface area contributed by atoms with E-state index in [4.69, 9.17) is 0 Å². The Kier molecular flexibility index (Phi) is 3.26. The van der Waals surface area contributed by atoms with Crippen LogP contribution in [0.1, 0.15) is 19.3 Å². The van der Waals surface area contributed by atoms with Crippen molar-refractivity contribution in [2.24, 2.45) is 0 Å². The van der Waals surface area contributed by atoms with Gasteiger partial charge in [-0.3, -0.25) is 0 Å². The lowest BCUT2D eigenvalue weighted by atomic mass is 10.2. The second kappa shape index (κ2) is 4.49. The monoisotopic (exact) mass is 273 g/mol. The summed E-state index contributed by atoms with van der Waals surface area (Å²) in [5, 5.41) is 12.8. The Labute approximate surface area is 96.6 Å².